The van der Waals surface area contributed by atoms with Crippen molar-refractivity contribution < 1.29 is 4.79 Å². The number of aryl methyl sites for hydroxylation is 1. The van der Waals surface area contributed by atoms with E-state index < -0.39 is 0 Å². The second-order valence-electron chi connectivity index (χ2n) is 4.22. The van der Waals surface area contributed by atoms with E-state index in [0.717, 1.165) is 12.8 Å². The zero-order valence-corrected chi connectivity index (χ0v) is 9.91. The molecule has 1 aromatic rings. The Morgan fingerprint density at radius 2 is 2.31 bits per heavy atom. The Hall–Kier alpha value is -1.03. The van der Waals surface area contributed by atoms with Crippen LogP contribution in [0.4, 0.5) is 0 Å². The van der Waals surface area contributed by atoms with E-state index in [9.17, 15) is 4.79 Å². The van der Waals surface area contributed by atoms with Crippen molar-refractivity contribution in [3.05, 3.63) is 17.4 Å². The van der Waals surface area contributed by atoms with Crippen LogP contribution >= 0.6 is 11.6 Å². The van der Waals surface area contributed by atoms with Gasteiger partial charge in [-0.1, -0.05) is 24.4 Å². The van der Waals surface area contributed by atoms with Gasteiger partial charge in [0.25, 0.3) is 0 Å². The quantitative estimate of drug-likeness (QED) is 0.876. The lowest BCUT2D eigenvalue weighted by molar-refractivity contribution is -0.122. The maximum atomic E-state index is 11.6. The van der Waals surface area contributed by atoms with Crippen molar-refractivity contribution in [1.29, 1.82) is 0 Å². The van der Waals surface area contributed by atoms with Crippen LogP contribution in [0.5, 0.6) is 0 Å². The molecule has 1 aliphatic carbocycles. The zero-order valence-electron chi connectivity index (χ0n) is 9.16. The number of hydrogen-bond donors (Lipinski definition) is 1. The minimum atomic E-state index is 0.110. The predicted molar refractivity (Wildman–Crippen MR) is 62.3 cm³/mol. The van der Waals surface area contributed by atoms with Crippen LogP contribution in [0, 0.1) is 0 Å². The molecule has 0 spiro atoms. The van der Waals surface area contributed by atoms with Crippen LogP contribution in [0.15, 0.2) is 12.4 Å². The van der Waals surface area contributed by atoms with E-state index >= 15 is 0 Å². The summed E-state index contributed by atoms with van der Waals surface area (Å²) < 4.78 is 1.69. The molecule has 1 N–H and O–H groups in total. The number of nitrogens with zero attached hydrogens (tertiary/aromatic N) is 2. The van der Waals surface area contributed by atoms with Crippen LogP contribution < -0.4 is 5.32 Å². The monoisotopic (exact) mass is 241 g/mol. The molecule has 2 rings (SSSR count). The van der Waals surface area contributed by atoms with Gasteiger partial charge >= 0.3 is 0 Å². The summed E-state index contributed by atoms with van der Waals surface area (Å²) in [5.41, 5.74) is 0. The van der Waals surface area contributed by atoms with Gasteiger partial charge in [-0.15, -0.1) is 0 Å². The SMILES string of the molecule is O=C(CCn1cc(Cl)cn1)NC1CCCC1. The molecule has 1 aliphatic rings. The van der Waals surface area contributed by atoms with Crippen molar-refractivity contribution in [3.8, 4) is 0 Å². The van der Waals surface area contributed by atoms with Gasteiger partial charge < -0.3 is 5.32 Å². The number of aromatic nitrogens is 2. The number of nitrogens with one attached hydrogen (secondary N) is 1. The van der Waals surface area contributed by atoms with Crippen molar-refractivity contribution in [2.24, 2.45) is 0 Å². The summed E-state index contributed by atoms with van der Waals surface area (Å²) in [4.78, 5) is 11.6. The van der Waals surface area contributed by atoms with Crippen molar-refractivity contribution >= 4 is 17.5 Å². The maximum absolute atomic E-state index is 11.6. The molecule has 88 valence electrons. The van der Waals surface area contributed by atoms with E-state index in [1.54, 1.807) is 17.1 Å². The van der Waals surface area contributed by atoms with Crippen molar-refractivity contribution in [2.45, 2.75) is 44.7 Å². The summed E-state index contributed by atoms with van der Waals surface area (Å²) in [5.74, 6) is 0.110. The molecule has 1 heterocycles. The highest BCUT2D eigenvalue weighted by Crippen LogP contribution is 2.17. The van der Waals surface area contributed by atoms with E-state index in [1.807, 2.05) is 0 Å². The Morgan fingerprint density at radius 1 is 1.56 bits per heavy atom. The van der Waals surface area contributed by atoms with Gasteiger partial charge in [0.1, 0.15) is 0 Å². The Morgan fingerprint density at radius 3 is 2.94 bits per heavy atom. The van der Waals surface area contributed by atoms with Gasteiger partial charge in [-0.2, -0.15) is 5.10 Å². The Balaban J connectivity index is 1.71. The summed E-state index contributed by atoms with van der Waals surface area (Å²) in [6, 6.07) is 0.397. The van der Waals surface area contributed by atoms with Crippen LogP contribution in [0.2, 0.25) is 5.02 Å². The highest BCUT2D eigenvalue weighted by Gasteiger charge is 2.16. The van der Waals surface area contributed by atoms with Crippen molar-refractivity contribution in [3.63, 3.8) is 0 Å². The summed E-state index contributed by atoms with van der Waals surface area (Å²) >= 11 is 5.73. The first-order chi connectivity index (χ1) is 7.74. The normalized spacial score (nSPS) is 16.6. The molecule has 0 atom stereocenters. The molecule has 16 heavy (non-hydrogen) atoms. The molecule has 1 fully saturated rings. The Kier molecular flexibility index (Phi) is 3.83. The number of hydrogen-bond acceptors (Lipinski definition) is 2. The fourth-order valence-corrected chi connectivity index (χ4v) is 2.20. The zero-order chi connectivity index (χ0) is 11.4. The smallest absolute Gasteiger partial charge is 0.222 e. The van der Waals surface area contributed by atoms with Gasteiger partial charge in [-0.25, -0.2) is 0 Å². The van der Waals surface area contributed by atoms with Gasteiger partial charge in [-0.3, -0.25) is 9.48 Å². The number of halogens is 1. The molecule has 0 bridgehead atoms. The molecule has 1 aromatic heterocycles. The van der Waals surface area contributed by atoms with E-state index in [1.165, 1.54) is 12.8 Å². The lowest BCUT2D eigenvalue weighted by atomic mass is 10.2. The van der Waals surface area contributed by atoms with E-state index in [-0.39, 0.29) is 5.91 Å². The fourth-order valence-electron chi connectivity index (χ4n) is 2.05. The molecule has 0 saturated heterocycles. The lowest BCUT2D eigenvalue weighted by Gasteiger charge is -2.11. The lowest BCUT2D eigenvalue weighted by Crippen LogP contribution is -2.33. The molecule has 5 heteroatoms. The first-order valence-corrected chi connectivity index (χ1v) is 6.09. The Bertz CT molecular complexity index is 358. The molecule has 0 aliphatic heterocycles. The second-order valence-corrected chi connectivity index (χ2v) is 4.66. The molecule has 1 amide bonds. The maximum Gasteiger partial charge on any atom is 0.222 e. The first-order valence-electron chi connectivity index (χ1n) is 5.71. The van der Waals surface area contributed by atoms with Gasteiger partial charge in [0.05, 0.1) is 11.2 Å². The topological polar surface area (TPSA) is 46.9 Å². The predicted octanol–water partition coefficient (Wildman–Crippen LogP) is 1.99. The molecule has 4 nitrogen and oxygen atoms in total. The van der Waals surface area contributed by atoms with E-state index in [2.05, 4.69) is 10.4 Å². The summed E-state index contributed by atoms with van der Waals surface area (Å²) in [6.07, 6.45) is 8.49. The second kappa shape index (κ2) is 5.34. The van der Waals surface area contributed by atoms with Gasteiger partial charge in [0.15, 0.2) is 0 Å². The first kappa shape index (κ1) is 11.5. The molecule has 0 aromatic carbocycles. The molecular weight excluding hydrogens is 226 g/mol. The highest BCUT2D eigenvalue weighted by molar-refractivity contribution is 6.30. The minimum absolute atomic E-state index is 0.110. The van der Waals surface area contributed by atoms with Crippen LogP contribution in [-0.4, -0.2) is 21.7 Å². The summed E-state index contributed by atoms with van der Waals surface area (Å²) in [7, 11) is 0. The van der Waals surface area contributed by atoms with Crippen LogP contribution in [0.3, 0.4) is 0 Å². The number of amides is 1. The number of carbonyl (C=O) groups is 1. The Labute approximate surface area is 100.0 Å². The standard InChI is InChI=1S/C11H16ClN3O/c12-9-7-13-15(8-9)6-5-11(16)14-10-3-1-2-4-10/h7-8,10H,1-6H2,(H,14,16). The average Bonchev–Trinajstić information content (AvgIpc) is 2.87. The largest absolute Gasteiger partial charge is 0.353 e. The van der Waals surface area contributed by atoms with Crippen molar-refractivity contribution in [2.75, 3.05) is 0 Å². The third kappa shape index (κ3) is 3.23. The van der Waals surface area contributed by atoms with E-state index in [4.69, 9.17) is 11.6 Å². The van der Waals surface area contributed by atoms with Crippen LogP contribution in [-0.2, 0) is 11.3 Å². The third-order valence-electron chi connectivity index (χ3n) is 2.89. The summed E-state index contributed by atoms with van der Waals surface area (Å²) in [5, 5.41) is 7.67. The van der Waals surface area contributed by atoms with E-state index in [0.29, 0.717) is 24.0 Å². The third-order valence-corrected chi connectivity index (χ3v) is 3.09. The van der Waals surface area contributed by atoms with Crippen LogP contribution in [0.25, 0.3) is 0 Å². The van der Waals surface area contributed by atoms with Gasteiger partial charge in [0, 0.05) is 25.2 Å². The molecule has 1 saturated carbocycles. The number of carbonyl (C=O) groups excluding carboxylic acids is 1. The molecule has 0 unspecified atom stereocenters. The molecule has 0 radical (unpaired) electrons. The average molecular weight is 242 g/mol. The van der Waals surface area contributed by atoms with Gasteiger partial charge in [0.2, 0.25) is 5.91 Å². The highest BCUT2D eigenvalue weighted by atomic mass is 35.5. The fraction of sp³-hybridized carbons (Fsp3) is 0.636. The van der Waals surface area contributed by atoms with Crippen LogP contribution in [0.1, 0.15) is 32.1 Å². The van der Waals surface area contributed by atoms with Gasteiger partial charge in [-0.05, 0) is 12.8 Å². The summed E-state index contributed by atoms with van der Waals surface area (Å²) in [6.45, 7) is 0.589. The number of rotatable bonds is 4. The molecular formula is C11H16ClN3O. The minimum Gasteiger partial charge on any atom is -0.353 e. The van der Waals surface area contributed by atoms with Crippen molar-refractivity contribution in [1.82, 2.24) is 15.1 Å².